The van der Waals surface area contributed by atoms with Crippen molar-refractivity contribution in [2.75, 3.05) is 0 Å². The van der Waals surface area contributed by atoms with E-state index < -0.39 is 0 Å². The summed E-state index contributed by atoms with van der Waals surface area (Å²) in [6, 6.07) is 14.4. The van der Waals surface area contributed by atoms with Crippen LogP contribution < -0.4 is 0 Å². The number of halogens is 4. The van der Waals surface area contributed by atoms with Gasteiger partial charge < -0.3 is 0 Å². The molecule has 0 aliphatic rings. The molecule has 0 aliphatic heterocycles. The Hall–Kier alpha value is -0.0600. The normalized spacial score (nSPS) is 12.8. The van der Waals surface area contributed by atoms with Crippen LogP contribution in [0.15, 0.2) is 46.9 Å². The summed E-state index contributed by atoms with van der Waals surface area (Å²) in [5.41, 5.74) is 2.19. The molecule has 0 saturated carbocycles. The van der Waals surface area contributed by atoms with Gasteiger partial charge in [0.2, 0.25) is 0 Å². The van der Waals surface area contributed by atoms with E-state index in [9.17, 15) is 0 Å². The molecule has 0 saturated heterocycles. The average molecular weight is 451 g/mol. The molecular weight excluding hydrogens is 443 g/mol. The number of alkyl halides is 1. The van der Waals surface area contributed by atoms with Gasteiger partial charge >= 0.3 is 0 Å². The molecule has 0 spiro atoms. The highest BCUT2D eigenvalue weighted by Crippen LogP contribution is 2.44. The van der Waals surface area contributed by atoms with Gasteiger partial charge in [0.05, 0.1) is 13.5 Å². The monoisotopic (exact) mass is 448 g/mol. The van der Waals surface area contributed by atoms with Gasteiger partial charge in [-0.3, -0.25) is 0 Å². The maximum absolute atomic E-state index is 6.27. The summed E-state index contributed by atoms with van der Waals surface area (Å²) in [4.78, 5) is 0.0248. The first-order chi connectivity index (χ1) is 9.58. The highest BCUT2D eigenvalue weighted by atomic mass is 79.9. The van der Waals surface area contributed by atoms with Crippen LogP contribution in [0.25, 0.3) is 10.8 Å². The fourth-order valence-corrected chi connectivity index (χ4v) is 5.25. The van der Waals surface area contributed by atoms with Crippen molar-refractivity contribution in [3.63, 3.8) is 0 Å². The largest absolute Gasteiger partial charge is 0.111 e. The zero-order valence-electron chi connectivity index (χ0n) is 10.0. The Kier molecular flexibility index (Phi) is 4.44. The van der Waals surface area contributed by atoms with Crippen LogP contribution in [0, 0.1) is 0 Å². The van der Waals surface area contributed by atoms with E-state index in [1.807, 2.05) is 18.2 Å². The molecule has 5 heteroatoms. The standard InChI is InChI=1S/C15H8Br2Cl2S/c16-12-6-5-10(8-3-1-2-4-9(8)12)14(17)11-7-13(18)20-15(11)19/h1-7,14H. The molecule has 102 valence electrons. The maximum Gasteiger partial charge on any atom is 0.0990 e. The Balaban J connectivity index is 2.20. The SMILES string of the molecule is Clc1cc(C(Br)c2ccc(Br)c3ccccc23)c(Cl)s1. The predicted octanol–water partition coefficient (Wildman–Crippen LogP) is 7.45. The van der Waals surface area contributed by atoms with Crippen LogP contribution in [0.1, 0.15) is 16.0 Å². The Morgan fingerprint density at radius 2 is 1.65 bits per heavy atom. The van der Waals surface area contributed by atoms with E-state index >= 15 is 0 Å². The fraction of sp³-hybridized carbons (Fsp3) is 0.0667. The summed E-state index contributed by atoms with van der Waals surface area (Å²) in [6.45, 7) is 0. The highest BCUT2D eigenvalue weighted by Gasteiger charge is 2.19. The lowest BCUT2D eigenvalue weighted by molar-refractivity contribution is 1.22. The van der Waals surface area contributed by atoms with Crippen LogP contribution in [0.3, 0.4) is 0 Å². The smallest absolute Gasteiger partial charge is 0.0990 e. The first kappa shape index (κ1) is 14.9. The molecule has 0 amide bonds. The predicted molar refractivity (Wildman–Crippen MR) is 96.8 cm³/mol. The molecule has 20 heavy (non-hydrogen) atoms. The van der Waals surface area contributed by atoms with Gasteiger partial charge in [-0.1, -0.05) is 85.4 Å². The van der Waals surface area contributed by atoms with Crippen molar-refractivity contribution in [2.24, 2.45) is 0 Å². The van der Waals surface area contributed by atoms with Gasteiger partial charge in [0.15, 0.2) is 0 Å². The third-order valence-electron chi connectivity index (χ3n) is 3.13. The van der Waals surface area contributed by atoms with E-state index in [0.29, 0.717) is 4.34 Å². The molecule has 0 aliphatic carbocycles. The minimum atomic E-state index is 0.0248. The van der Waals surface area contributed by atoms with E-state index in [-0.39, 0.29) is 4.83 Å². The first-order valence-corrected chi connectivity index (χ1v) is 9.12. The maximum atomic E-state index is 6.27. The zero-order valence-corrected chi connectivity index (χ0v) is 15.5. The number of hydrogen-bond acceptors (Lipinski definition) is 1. The van der Waals surface area contributed by atoms with Gasteiger partial charge in [-0.2, -0.15) is 0 Å². The van der Waals surface area contributed by atoms with Crippen LogP contribution in [-0.4, -0.2) is 0 Å². The molecule has 0 N–H and O–H groups in total. The molecule has 3 aromatic rings. The van der Waals surface area contributed by atoms with Crippen molar-refractivity contribution in [2.45, 2.75) is 4.83 Å². The van der Waals surface area contributed by atoms with E-state index in [1.54, 1.807) is 0 Å². The first-order valence-electron chi connectivity index (χ1n) is 5.84. The van der Waals surface area contributed by atoms with Crippen molar-refractivity contribution in [3.8, 4) is 0 Å². The van der Waals surface area contributed by atoms with Crippen LogP contribution >= 0.6 is 66.4 Å². The summed E-state index contributed by atoms with van der Waals surface area (Å²) >= 11 is 21.1. The Morgan fingerprint density at radius 1 is 0.950 bits per heavy atom. The summed E-state index contributed by atoms with van der Waals surface area (Å²) in [6.07, 6.45) is 0. The lowest BCUT2D eigenvalue weighted by atomic mass is 10.00. The minimum absolute atomic E-state index is 0.0248. The number of benzene rings is 2. The molecule has 1 aromatic heterocycles. The second-order valence-electron chi connectivity index (χ2n) is 4.32. The van der Waals surface area contributed by atoms with Gasteiger partial charge in [0, 0.05) is 10.0 Å². The molecular formula is C15H8Br2Cl2S. The molecule has 0 nitrogen and oxygen atoms in total. The van der Waals surface area contributed by atoms with Crippen LogP contribution in [0.4, 0.5) is 0 Å². The topological polar surface area (TPSA) is 0 Å². The highest BCUT2D eigenvalue weighted by molar-refractivity contribution is 9.10. The molecule has 2 aromatic carbocycles. The molecule has 3 rings (SSSR count). The van der Waals surface area contributed by atoms with Crippen LogP contribution in [0.5, 0.6) is 0 Å². The molecule has 0 radical (unpaired) electrons. The van der Waals surface area contributed by atoms with Gasteiger partial charge in [0.1, 0.15) is 0 Å². The summed E-state index contributed by atoms with van der Waals surface area (Å²) < 4.78 is 2.52. The number of hydrogen-bond donors (Lipinski definition) is 0. The van der Waals surface area contributed by atoms with E-state index in [4.69, 9.17) is 23.2 Å². The third-order valence-corrected chi connectivity index (χ3v) is 6.33. The van der Waals surface area contributed by atoms with Crippen molar-refractivity contribution < 1.29 is 0 Å². The molecule has 1 unspecified atom stereocenters. The van der Waals surface area contributed by atoms with E-state index in [0.717, 1.165) is 14.4 Å². The van der Waals surface area contributed by atoms with Crippen LogP contribution in [0.2, 0.25) is 8.67 Å². The van der Waals surface area contributed by atoms with Crippen LogP contribution in [-0.2, 0) is 0 Å². The molecule has 0 fully saturated rings. The Labute approximate surface area is 148 Å². The van der Waals surface area contributed by atoms with E-state index in [2.05, 4.69) is 56.1 Å². The Morgan fingerprint density at radius 3 is 2.30 bits per heavy atom. The fourth-order valence-electron chi connectivity index (χ4n) is 2.20. The number of fused-ring (bicyclic) bond motifs is 1. The van der Waals surface area contributed by atoms with E-state index in [1.165, 1.54) is 27.7 Å². The third kappa shape index (κ3) is 2.67. The number of thiophene rings is 1. The van der Waals surface area contributed by atoms with Crippen molar-refractivity contribution in [3.05, 3.63) is 66.7 Å². The summed E-state index contributed by atoms with van der Waals surface area (Å²) in [7, 11) is 0. The second kappa shape index (κ2) is 5.98. The quantitative estimate of drug-likeness (QED) is 0.355. The second-order valence-corrected chi connectivity index (χ2v) is 8.38. The van der Waals surface area contributed by atoms with Gasteiger partial charge in [0.25, 0.3) is 0 Å². The van der Waals surface area contributed by atoms with Crippen molar-refractivity contribution in [1.29, 1.82) is 0 Å². The van der Waals surface area contributed by atoms with Gasteiger partial charge in [-0.15, -0.1) is 11.3 Å². The van der Waals surface area contributed by atoms with Crippen molar-refractivity contribution in [1.82, 2.24) is 0 Å². The molecule has 1 atom stereocenters. The van der Waals surface area contributed by atoms with Gasteiger partial charge in [-0.25, -0.2) is 0 Å². The molecule has 0 bridgehead atoms. The average Bonchev–Trinajstić information content (AvgIpc) is 2.78. The lowest BCUT2D eigenvalue weighted by Crippen LogP contribution is -1.93. The number of rotatable bonds is 2. The zero-order chi connectivity index (χ0) is 14.3. The molecule has 1 heterocycles. The lowest BCUT2D eigenvalue weighted by Gasteiger charge is -2.13. The summed E-state index contributed by atoms with van der Waals surface area (Å²) in [5, 5.41) is 2.38. The Bertz CT molecular complexity index is 783. The van der Waals surface area contributed by atoms with Gasteiger partial charge in [-0.05, 0) is 28.5 Å². The summed E-state index contributed by atoms with van der Waals surface area (Å²) in [5.74, 6) is 0. The minimum Gasteiger partial charge on any atom is -0.111 e. The van der Waals surface area contributed by atoms with Crippen molar-refractivity contribution >= 4 is 77.2 Å².